The van der Waals surface area contributed by atoms with Crippen LogP contribution in [0.4, 0.5) is 0 Å². The Bertz CT molecular complexity index is 1340. The van der Waals surface area contributed by atoms with Crippen LogP contribution in [0.2, 0.25) is 0 Å². The van der Waals surface area contributed by atoms with E-state index in [2.05, 4.69) is 79.9 Å². The quantitative estimate of drug-likeness (QED) is 0.0308. The van der Waals surface area contributed by atoms with Crippen molar-refractivity contribution in [1.29, 1.82) is 0 Å². The lowest BCUT2D eigenvalue weighted by atomic mass is 10.00. The maximum Gasteiger partial charge on any atom is 0.249 e. The summed E-state index contributed by atoms with van der Waals surface area (Å²) in [5.41, 5.74) is 0. The van der Waals surface area contributed by atoms with Crippen LogP contribution in [0.3, 0.4) is 0 Å². The van der Waals surface area contributed by atoms with Gasteiger partial charge < -0.3 is 25.7 Å². The number of hydrogen-bond acceptors (Lipinski definition) is 5. The number of carbonyl (C=O) groups excluding carboxylic acids is 1. The summed E-state index contributed by atoms with van der Waals surface area (Å²) < 4.78 is 0. The second kappa shape index (κ2) is 66.8. The molecule has 6 nitrogen and oxygen atoms in total. The van der Waals surface area contributed by atoms with E-state index in [9.17, 15) is 25.2 Å². The van der Waals surface area contributed by atoms with Gasteiger partial charge in [0.15, 0.2) is 0 Å². The van der Waals surface area contributed by atoms with Crippen molar-refractivity contribution in [2.45, 2.75) is 391 Å². The molecule has 0 fully saturated rings. The van der Waals surface area contributed by atoms with Gasteiger partial charge in [0, 0.05) is 0 Å². The minimum Gasteiger partial charge on any atom is -0.394 e. The number of carbonyl (C=O) groups is 1. The number of rotatable bonds is 65. The highest BCUT2D eigenvalue weighted by Crippen LogP contribution is 2.18. The number of aliphatic hydroxyl groups excluding tert-OH is 4. The fourth-order valence-electron chi connectivity index (χ4n) is 10.9. The third kappa shape index (κ3) is 60.4. The third-order valence-electron chi connectivity index (χ3n) is 16.4. The molecule has 6 heteroatoms. The number of allylic oxidation sites excluding steroid dienone is 10. The van der Waals surface area contributed by atoms with Crippen LogP contribution in [-0.4, -0.2) is 57.3 Å². The van der Waals surface area contributed by atoms with Crippen molar-refractivity contribution >= 4 is 5.91 Å². The van der Waals surface area contributed by atoms with Crippen LogP contribution < -0.4 is 5.32 Å². The summed E-state index contributed by atoms with van der Waals surface area (Å²) >= 11 is 0. The highest BCUT2D eigenvalue weighted by Gasteiger charge is 2.28. The van der Waals surface area contributed by atoms with Gasteiger partial charge in [0.05, 0.1) is 18.8 Å². The molecule has 4 atom stereocenters. The lowest BCUT2D eigenvalue weighted by Gasteiger charge is -2.27. The van der Waals surface area contributed by atoms with Gasteiger partial charge in [-0.05, 0) is 96.3 Å². The van der Waals surface area contributed by atoms with Crippen LogP contribution >= 0.6 is 0 Å². The second-order valence-electron chi connectivity index (χ2n) is 24.2. The SMILES string of the molecule is CCCCCCCCCCC/C=C\C/C=C\CCCCCCCCCCCCCCCCCCC(O)C(=O)NC(CO)C(O)C(O)CCC/C=C/CC/C=C/CC/C=C/CCCCCCCCCCCCCCCCCCCC. The highest BCUT2D eigenvalue weighted by atomic mass is 16.3. The molecule has 79 heavy (non-hydrogen) atoms. The maximum atomic E-state index is 12.7. The minimum absolute atomic E-state index is 0.358. The van der Waals surface area contributed by atoms with Gasteiger partial charge in [-0.2, -0.15) is 0 Å². The Hall–Kier alpha value is -1.99. The molecular formula is C73H137NO5. The Morgan fingerprint density at radius 2 is 0.570 bits per heavy atom. The number of hydrogen-bond donors (Lipinski definition) is 5. The van der Waals surface area contributed by atoms with Gasteiger partial charge in [0.1, 0.15) is 12.2 Å². The van der Waals surface area contributed by atoms with Crippen LogP contribution in [0, 0.1) is 0 Å². The summed E-state index contributed by atoms with van der Waals surface area (Å²) in [7, 11) is 0. The van der Waals surface area contributed by atoms with Gasteiger partial charge in [-0.3, -0.25) is 4.79 Å². The predicted octanol–water partition coefficient (Wildman–Crippen LogP) is 21.8. The van der Waals surface area contributed by atoms with Crippen LogP contribution in [0.25, 0.3) is 0 Å². The first kappa shape index (κ1) is 77.0. The molecule has 5 N–H and O–H groups in total. The van der Waals surface area contributed by atoms with Crippen molar-refractivity contribution in [3.8, 4) is 0 Å². The second-order valence-corrected chi connectivity index (χ2v) is 24.2. The van der Waals surface area contributed by atoms with E-state index in [0.29, 0.717) is 19.3 Å². The molecule has 1 amide bonds. The molecular weight excluding hydrogens is 971 g/mol. The van der Waals surface area contributed by atoms with E-state index in [1.165, 1.54) is 276 Å². The van der Waals surface area contributed by atoms with Crippen LogP contribution in [0.5, 0.6) is 0 Å². The molecule has 0 radical (unpaired) electrons. The van der Waals surface area contributed by atoms with E-state index in [4.69, 9.17) is 0 Å². The topological polar surface area (TPSA) is 110 Å². The first-order valence-electron chi connectivity index (χ1n) is 35.2. The first-order valence-corrected chi connectivity index (χ1v) is 35.2. The van der Waals surface area contributed by atoms with Crippen LogP contribution in [0.15, 0.2) is 60.8 Å². The molecule has 0 aromatic carbocycles. The highest BCUT2D eigenvalue weighted by molar-refractivity contribution is 5.80. The van der Waals surface area contributed by atoms with Crippen molar-refractivity contribution in [3.05, 3.63) is 60.8 Å². The Morgan fingerprint density at radius 3 is 0.873 bits per heavy atom. The summed E-state index contributed by atoms with van der Waals surface area (Å²) in [6, 6.07) is -1.02. The Labute approximate surface area is 492 Å². The monoisotopic (exact) mass is 1110 g/mol. The zero-order chi connectivity index (χ0) is 57.3. The average molecular weight is 1110 g/mol. The molecule has 4 unspecified atom stereocenters. The van der Waals surface area contributed by atoms with Gasteiger partial charge in [-0.1, -0.05) is 331 Å². The van der Waals surface area contributed by atoms with Gasteiger partial charge >= 0.3 is 0 Å². The van der Waals surface area contributed by atoms with Crippen molar-refractivity contribution in [2.75, 3.05) is 6.61 Å². The third-order valence-corrected chi connectivity index (χ3v) is 16.4. The van der Waals surface area contributed by atoms with Crippen LogP contribution in [0.1, 0.15) is 367 Å². The van der Waals surface area contributed by atoms with Crippen molar-refractivity contribution in [1.82, 2.24) is 5.32 Å². The molecule has 0 heterocycles. The summed E-state index contributed by atoms with van der Waals surface area (Å²) in [6.07, 6.45) is 89.2. The lowest BCUT2D eigenvalue weighted by Crippen LogP contribution is -2.53. The number of nitrogens with one attached hydrogen (secondary N) is 1. The van der Waals surface area contributed by atoms with E-state index < -0.39 is 36.9 Å². The molecule has 464 valence electrons. The summed E-state index contributed by atoms with van der Waals surface area (Å²) in [5, 5.41) is 44.2. The standard InChI is InChI=1S/C73H137NO5/c1-3-5-7-9-11-13-15-17-19-21-23-25-27-29-31-33-35-37-39-41-43-45-47-49-51-53-55-57-59-61-63-65-67-71(77)73(79)74-69(68-75)72(78)70(76)66-64-62-60-58-56-54-52-50-48-46-44-42-40-38-36-34-32-30-28-26-24-22-20-18-16-14-12-10-8-6-4-2/h23,25,29,31,42,44,50,52,58,60,69-72,75-78H,3-22,24,26-28,30,32-41,43,45-49,51,53-57,59,61-68H2,1-2H3,(H,74,79)/b25-23-,31-29-,44-42+,52-50+,60-58+. The van der Waals surface area contributed by atoms with Crippen LogP contribution in [-0.2, 0) is 4.79 Å². The van der Waals surface area contributed by atoms with Gasteiger partial charge in [-0.25, -0.2) is 0 Å². The summed E-state index contributed by atoms with van der Waals surface area (Å²) in [5.74, 6) is -0.596. The Morgan fingerprint density at radius 1 is 0.316 bits per heavy atom. The first-order chi connectivity index (χ1) is 39.0. The molecule has 0 aliphatic carbocycles. The molecule has 0 aromatic rings. The van der Waals surface area contributed by atoms with Gasteiger partial charge in [0.2, 0.25) is 5.91 Å². The van der Waals surface area contributed by atoms with Crippen molar-refractivity contribution in [2.24, 2.45) is 0 Å². The smallest absolute Gasteiger partial charge is 0.249 e. The molecule has 0 saturated heterocycles. The Kier molecular flexibility index (Phi) is 65.1. The normalized spacial score (nSPS) is 13.8. The molecule has 0 aliphatic rings. The predicted molar refractivity (Wildman–Crippen MR) is 348 cm³/mol. The van der Waals surface area contributed by atoms with Crippen molar-refractivity contribution < 1.29 is 25.2 Å². The largest absolute Gasteiger partial charge is 0.394 e. The van der Waals surface area contributed by atoms with E-state index in [1.807, 2.05) is 0 Å². The maximum absolute atomic E-state index is 12.7. The number of amides is 1. The average Bonchev–Trinajstić information content (AvgIpc) is 3.45. The number of aliphatic hydroxyl groups is 4. The molecule has 0 bridgehead atoms. The minimum atomic E-state index is -1.30. The van der Waals surface area contributed by atoms with Crippen molar-refractivity contribution in [3.63, 3.8) is 0 Å². The van der Waals surface area contributed by atoms with E-state index in [1.54, 1.807) is 0 Å². The van der Waals surface area contributed by atoms with E-state index in [0.717, 1.165) is 57.8 Å². The molecule has 0 aromatic heterocycles. The summed E-state index contributed by atoms with van der Waals surface area (Å²) in [6.45, 7) is 4.08. The molecule has 0 spiro atoms. The molecule has 0 rings (SSSR count). The molecule has 0 saturated carbocycles. The molecule has 0 aliphatic heterocycles. The fourth-order valence-corrected chi connectivity index (χ4v) is 10.9. The summed E-state index contributed by atoms with van der Waals surface area (Å²) in [4.78, 5) is 12.7. The Balaban J connectivity index is 3.63. The zero-order valence-corrected chi connectivity index (χ0v) is 52.9. The lowest BCUT2D eigenvalue weighted by molar-refractivity contribution is -0.132. The fraction of sp³-hybridized carbons (Fsp3) is 0.849. The van der Waals surface area contributed by atoms with Gasteiger partial charge in [-0.15, -0.1) is 0 Å². The van der Waals surface area contributed by atoms with E-state index >= 15 is 0 Å². The number of unbranched alkanes of at least 4 members (excludes halogenated alkanes) is 46. The van der Waals surface area contributed by atoms with Gasteiger partial charge in [0.25, 0.3) is 0 Å². The van der Waals surface area contributed by atoms with E-state index in [-0.39, 0.29) is 0 Å². The zero-order valence-electron chi connectivity index (χ0n) is 52.9.